The minimum Gasteiger partial charge on any atom is -0.385 e. The Bertz CT molecular complexity index is 332. The Morgan fingerprint density at radius 1 is 1.56 bits per heavy atom. The van der Waals surface area contributed by atoms with Gasteiger partial charge in [0.05, 0.1) is 0 Å². The Kier molecular flexibility index (Phi) is 5.04. The van der Waals surface area contributed by atoms with Crippen molar-refractivity contribution in [3.8, 4) is 0 Å². The van der Waals surface area contributed by atoms with Gasteiger partial charge in [-0.2, -0.15) is 0 Å². The van der Waals surface area contributed by atoms with Crippen LogP contribution in [0.25, 0.3) is 0 Å². The van der Waals surface area contributed by atoms with E-state index in [1.165, 1.54) is 11.8 Å². The van der Waals surface area contributed by atoms with Gasteiger partial charge in [-0.15, -0.1) is 0 Å². The van der Waals surface area contributed by atoms with Gasteiger partial charge in [0.1, 0.15) is 11.5 Å². The second kappa shape index (κ2) is 5.76. The maximum atomic E-state index is 12.1. The Labute approximate surface area is 114 Å². The van der Waals surface area contributed by atoms with E-state index >= 15 is 0 Å². The molecule has 0 aromatic carbocycles. The molecule has 1 heterocycles. The average molecular weight is 272 g/mol. The van der Waals surface area contributed by atoms with Crippen LogP contribution in [0.3, 0.4) is 0 Å². The highest BCUT2D eigenvalue weighted by molar-refractivity contribution is 8.14. The summed E-state index contributed by atoms with van der Waals surface area (Å²) in [7, 11) is 0. The molecule has 1 rings (SSSR count). The van der Waals surface area contributed by atoms with Crippen molar-refractivity contribution in [2.45, 2.75) is 64.6 Å². The number of aliphatic hydroxyl groups excluding tert-OH is 1. The highest BCUT2D eigenvalue weighted by atomic mass is 32.2. The molecular weight excluding hydrogens is 248 g/mol. The first-order valence-electron chi connectivity index (χ1n) is 6.45. The van der Waals surface area contributed by atoms with Gasteiger partial charge in [0.25, 0.3) is 0 Å². The molecule has 0 aromatic rings. The van der Waals surface area contributed by atoms with Gasteiger partial charge in [-0.1, -0.05) is 58.0 Å². The lowest BCUT2D eigenvalue weighted by molar-refractivity contribution is -0.147. The molecule has 0 saturated carbocycles. The molecule has 104 valence electrons. The summed E-state index contributed by atoms with van der Waals surface area (Å²) in [5.74, 6) is 0. The maximum absolute atomic E-state index is 12.1. The normalized spacial score (nSPS) is 31.2. The van der Waals surface area contributed by atoms with Crippen LogP contribution in [0.5, 0.6) is 0 Å². The largest absolute Gasteiger partial charge is 0.385 e. The van der Waals surface area contributed by atoms with Crippen molar-refractivity contribution in [1.29, 1.82) is 0 Å². The number of unbranched alkanes of at least 4 members (excludes halogenated alkanes) is 1. The summed E-state index contributed by atoms with van der Waals surface area (Å²) in [5.41, 5.74) is -1.44. The smallest absolute Gasteiger partial charge is 0.226 e. The van der Waals surface area contributed by atoms with E-state index in [0.29, 0.717) is 0 Å². The van der Waals surface area contributed by atoms with Gasteiger partial charge in [0.15, 0.2) is 5.60 Å². The quantitative estimate of drug-likeness (QED) is 0.799. The Balaban J connectivity index is 2.78. The fraction of sp³-hybridized carbons (Fsp3) is 0.786. The summed E-state index contributed by atoms with van der Waals surface area (Å²) in [6.45, 7) is 9.84. The molecule has 0 radical (unpaired) electrons. The summed E-state index contributed by atoms with van der Waals surface area (Å²) in [6.07, 6.45) is 4.62. The predicted octanol–water partition coefficient (Wildman–Crippen LogP) is 3.12. The number of thioether (sulfide) groups is 1. The minimum atomic E-state index is -1.12. The maximum Gasteiger partial charge on any atom is 0.226 e. The third kappa shape index (κ3) is 3.37. The molecule has 1 aliphatic rings. The molecule has 1 aliphatic heterocycles. The number of rotatable bonds is 4. The van der Waals surface area contributed by atoms with Gasteiger partial charge in [-0.3, -0.25) is 4.79 Å². The van der Waals surface area contributed by atoms with Crippen molar-refractivity contribution in [1.82, 2.24) is 0 Å². The Morgan fingerprint density at radius 2 is 2.17 bits per heavy atom. The molecule has 0 spiro atoms. The number of allylic oxidation sites excluding steroid dienone is 1. The molecule has 0 amide bonds. The summed E-state index contributed by atoms with van der Waals surface area (Å²) in [6, 6.07) is 0. The van der Waals surface area contributed by atoms with Crippen LogP contribution in [-0.4, -0.2) is 27.4 Å². The van der Waals surface area contributed by atoms with Gasteiger partial charge in [0.2, 0.25) is 5.12 Å². The van der Waals surface area contributed by atoms with Crippen molar-refractivity contribution in [3.05, 3.63) is 12.2 Å². The Morgan fingerprint density at radius 3 is 2.61 bits per heavy atom. The van der Waals surface area contributed by atoms with E-state index in [1.807, 2.05) is 26.8 Å². The van der Waals surface area contributed by atoms with Crippen molar-refractivity contribution < 1.29 is 14.6 Å². The van der Waals surface area contributed by atoms with Crippen LogP contribution in [0.15, 0.2) is 12.2 Å². The molecule has 0 aliphatic carbocycles. The van der Waals surface area contributed by atoms with Gasteiger partial charge in [-0.05, 0) is 18.8 Å². The third-order valence-corrected chi connectivity index (χ3v) is 4.65. The summed E-state index contributed by atoms with van der Waals surface area (Å²) < 4.78 is 5.83. The highest BCUT2D eigenvalue weighted by Crippen LogP contribution is 2.45. The van der Waals surface area contributed by atoms with Crippen LogP contribution in [0.4, 0.5) is 0 Å². The third-order valence-electron chi connectivity index (χ3n) is 3.02. The van der Waals surface area contributed by atoms with Crippen molar-refractivity contribution in [2.75, 3.05) is 0 Å². The molecule has 3 nitrogen and oxygen atoms in total. The lowest BCUT2D eigenvalue weighted by Gasteiger charge is -2.30. The van der Waals surface area contributed by atoms with Crippen LogP contribution >= 0.6 is 11.8 Å². The van der Waals surface area contributed by atoms with Crippen molar-refractivity contribution in [3.63, 3.8) is 0 Å². The number of hydrogen-bond donors (Lipinski definition) is 1. The zero-order valence-electron chi connectivity index (χ0n) is 11.9. The number of hydrogen-bond acceptors (Lipinski definition) is 4. The molecule has 18 heavy (non-hydrogen) atoms. The molecule has 0 bridgehead atoms. The van der Waals surface area contributed by atoms with Crippen molar-refractivity contribution in [2.24, 2.45) is 5.41 Å². The average Bonchev–Trinajstić information content (AvgIpc) is 2.56. The van der Waals surface area contributed by atoms with Crippen LogP contribution in [0, 0.1) is 5.41 Å². The standard InChI is InChI=1S/C14H24O3S/c1-6-7-8-9-10(15)14(5)11(16)18-12(17-14)13(2,3)4/h8-10,12,15H,6-7H2,1-5H3/b9-8+. The molecule has 1 fully saturated rings. The zero-order chi connectivity index (χ0) is 14.0. The van der Waals surface area contributed by atoms with Gasteiger partial charge < -0.3 is 9.84 Å². The van der Waals surface area contributed by atoms with Gasteiger partial charge in [0, 0.05) is 0 Å². The molecule has 1 N–H and O–H groups in total. The van der Waals surface area contributed by atoms with E-state index in [-0.39, 0.29) is 16.0 Å². The van der Waals surface area contributed by atoms with E-state index < -0.39 is 11.7 Å². The summed E-state index contributed by atoms with van der Waals surface area (Å²) in [4.78, 5) is 12.1. The first-order chi connectivity index (χ1) is 8.21. The van der Waals surface area contributed by atoms with Gasteiger partial charge in [-0.25, -0.2) is 0 Å². The van der Waals surface area contributed by atoms with E-state index in [9.17, 15) is 9.90 Å². The van der Waals surface area contributed by atoms with Crippen molar-refractivity contribution >= 4 is 16.9 Å². The number of aliphatic hydroxyl groups is 1. The number of carbonyl (C=O) groups is 1. The number of carbonyl (C=O) groups excluding carboxylic acids is 1. The molecular formula is C14H24O3S. The minimum absolute atomic E-state index is 0.0870. The molecule has 4 heteroatoms. The first kappa shape index (κ1) is 15.7. The van der Waals surface area contributed by atoms with E-state index in [4.69, 9.17) is 4.74 Å². The fourth-order valence-electron chi connectivity index (χ4n) is 1.63. The first-order valence-corrected chi connectivity index (χ1v) is 7.33. The summed E-state index contributed by atoms with van der Waals surface area (Å²) in [5, 5.41) is 10.1. The van der Waals surface area contributed by atoms with Crippen LogP contribution in [-0.2, 0) is 9.53 Å². The fourth-order valence-corrected chi connectivity index (χ4v) is 2.83. The second-order valence-corrected chi connectivity index (χ2v) is 7.02. The lowest BCUT2D eigenvalue weighted by Crippen LogP contribution is -2.44. The van der Waals surface area contributed by atoms with E-state index in [1.54, 1.807) is 13.0 Å². The Hall–Kier alpha value is -0.320. The molecule has 1 saturated heterocycles. The lowest BCUT2D eigenvalue weighted by atomic mass is 9.96. The molecule has 3 atom stereocenters. The van der Waals surface area contributed by atoms with Crippen LogP contribution in [0.1, 0.15) is 47.5 Å². The van der Waals surface area contributed by atoms with E-state index in [0.717, 1.165) is 12.8 Å². The highest BCUT2D eigenvalue weighted by Gasteiger charge is 2.52. The van der Waals surface area contributed by atoms with Crippen LogP contribution < -0.4 is 0 Å². The number of ether oxygens (including phenoxy) is 1. The monoisotopic (exact) mass is 272 g/mol. The van der Waals surface area contributed by atoms with Crippen LogP contribution in [0.2, 0.25) is 0 Å². The molecule has 0 aromatic heterocycles. The van der Waals surface area contributed by atoms with Gasteiger partial charge >= 0.3 is 0 Å². The topological polar surface area (TPSA) is 46.5 Å². The summed E-state index contributed by atoms with van der Waals surface area (Å²) >= 11 is 1.19. The zero-order valence-corrected chi connectivity index (χ0v) is 12.7. The predicted molar refractivity (Wildman–Crippen MR) is 75.4 cm³/mol. The van der Waals surface area contributed by atoms with E-state index in [2.05, 4.69) is 6.92 Å². The molecule has 3 unspecified atom stereocenters. The second-order valence-electron chi connectivity index (χ2n) is 5.99. The SMILES string of the molecule is CCC/C=C/C(O)C1(C)OC(C(C)(C)C)SC1=O.